The van der Waals surface area contributed by atoms with Gasteiger partial charge in [-0.25, -0.2) is 18.2 Å². The number of hydrogen-bond acceptors (Lipinski definition) is 6. The summed E-state index contributed by atoms with van der Waals surface area (Å²) in [6.45, 7) is 17.2. The highest BCUT2D eigenvalue weighted by atomic mass is 32.2. The number of rotatable bonds is 5. The number of hydrogen-bond donors (Lipinski definition) is 2. The van der Waals surface area contributed by atoms with Gasteiger partial charge in [0.15, 0.2) is 0 Å². The lowest BCUT2D eigenvalue weighted by Gasteiger charge is -2.27. The van der Waals surface area contributed by atoms with Crippen molar-refractivity contribution < 1.29 is 19.1 Å². The van der Waals surface area contributed by atoms with Crippen LogP contribution in [-0.4, -0.2) is 55.6 Å². The molecule has 0 saturated carbocycles. The van der Waals surface area contributed by atoms with Crippen molar-refractivity contribution in [1.82, 2.24) is 18.9 Å². The van der Waals surface area contributed by atoms with Crippen LogP contribution < -0.4 is 5.32 Å². The van der Waals surface area contributed by atoms with Crippen molar-refractivity contribution in [2.75, 3.05) is 13.1 Å². The quantitative estimate of drug-likeness (QED) is 0.528. The van der Waals surface area contributed by atoms with E-state index in [1.54, 1.807) is 4.31 Å². The Morgan fingerprint density at radius 1 is 1.12 bits per heavy atom. The highest BCUT2D eigenvalue weighted by Crippen LogP contribution is 2.38. The van der Waals surface area contributed by atoms with Crippen molar-refractivity contribution >= 4 is 35.2 Å². The van der Waals surface area contributed by atoms with Crippen molar-refractivity contribution in [3.8, 4) is 0 Å². The first-order chi connectivity index (χ1) is 15.6. The molecule has 0 aliphatic carbocycles. The molecule has 2 amide bonds. The molecular weight excluding hydrogens is 452 g/mol. The number of aromatic amines is 1. The molecule has 0 bridgehead atoms. The van der Waals surface area contributed by atoms with E-state index in [2.05, 4.69) is 46.7 Å². The van der Waals surface area contributed by atoms with E-state index in [0.717, 1.165) is 22.0 Å². The summed E-state index contributed by atoms with van der Waals surface area (Å²) in [6, 6.07) is 6.37. The molecule has 34 heavy (non-hydrogen) atoms. The van der Waals surface area contributed by atoms with E-state index in [4.69, 9.17) is 9.47 Å². The van der Waals surface area contributed by atoms with Gasteiger partial charge in [-0.1, -0.05) is 6.07 Å². The number of ether oxygens (including phenoxy) is 2. The van der Waals surface area contributed by atoms with Gasteiger partial charge in [0.05, 0.1) is 6.54 Å². The van der Waals surface area contributed by atoms with Crippen LogP contribution in [0.5, 0.6) is 0 Å². The van der Waals surface area contributed by atoms with Crippen molar-refractivity contribution in [1.29, 1.82) is 0 Å². The standard InChI is InChI=1S/C25H38N4O4S/c1-23(2,3)32-21(30)26-12-11-18-14-27-20-10-9-17(13-19(18)20)15-29-25(7,8)16-28(34-29)22(31)33-24(4,5)6/h9-10,13-14,27H,11-12,15-16H2,1-8H3,(H,26,30). The molecule has 9 heteroatoms. The summed E-state index contributed by atoms with van der Waals surface area (Å²) in [4.78, 5) is 27.8. The van der Waals surface area contributed by atoms with Crippen LogP contribution in [0.15, 0.2) is 24.4 Å². The van der Waals surface area contributed by atoms with Crippen LogP contribution in [0.25, 0.3) is 10.9 Å². The first-order valence-corrected chi connectivity index (χ1v) is 12.4. The Morgan fingerprint density at radius 2 is 1.79 bits per heavy atom. The van der Waals surface area contributed by atoms with Gasteiger partial charge in [-0.15, -0.1) is 0 Å². The Morgan fingerprint density at radius 3 is 2.44 bits per heavy atom. The van der Waals surface area contributed by atoms with E-state index in [-0.39, 0.29) is 11.6 Å². The molecule has 1 aliphatic heterocycles. The molecule has 0 radical (unpaired) electrons. The maximum atomic E-state index is 12.6. The van der Waals surface area contributed by atoms with Gasteiger partial charge in [-0.3, -0.25) is 0 Å². The molecule has 1 aliphatic rings. The fourth-order valence-electron chi connectivity index (χ4n) is 3.65. The van der Waals surface area contributed by atoms with Crippen LogP contribution in [0, 0.1) is 0 Å². The van der Waals surface area contributed by atoms with E-state index in [1.165, 1.54) is 12.1 Å². The molecule has 1 aromatic heterocycles. The SMILES string of the molecule is CC(C)(C)OC(=O)NCCc1c[nH]c2ccc(CN3SN(C(=O)OC(C)(C)C)CC3(C)C)cc12. The second-order valence-corrected chi connectivity index (χ2v) is 12.4. The Kier molecular flexibility index (Phi) is 7.48. The van der Waals surface area contributed by atoms with E-state index in [1.807, 2.05) is 47.7 Å². The lowest BCUT2D eigenvalue weighted by atomic mass is 10.0. The number of carbonyl (C=O) groups excluding carboxylic acids is 2. The fraction of sp³-hybridized carbons (Fsp3) is 0.600. The predicted molar refractivity (Wildman–Crippen MR) is 136 cm³/mol. The molecule has 3 rings (SSSR count). The molecule has 1 fully saturated rings. The van der Waals surface area contributed by atoms with Gasteiger partial charge >= 0.3 is 12.2 Å². The van der Waals surface area contributed by atoms with Gasteiger partial charge in [-0.2, -0.15) is 0 Å². The first kappa shape index (κ1) is 26.2. The summed E-state index contributed by atoms with van der Waals surface area (Å²) in [5.74, 6) is 0. The molecule has 0 unspecified atom stereocenters. The highest BCUT2D eigenvalue weighted by molar-refractivity contribution is 7.95. The number of nitrogens with one attached hydrogen (secondary N) is 2. The number of benzene rings is 1. The number of alkyl carbamates (subject to hydrolysis) is 1. The molecule has 0 atom stereocenters. The number of H-pyrrole nitrogens is 1. The monoisotopic (exact) mass is 490 g/mol. The Balaban J connectivity index is 1.65. The third kappa shape index (κ3) is 7.06. The molecule has 1 aromatic carbocycles. The summed E-state index contributed by atoms with van der Waals surface area (Å²) in [6.07, 6.45) is 1.97. The van der Waals surface area contributed by atoms with Crippen LogP contribution in [-0.2, 0) is 22.4 Å². The Labute approximate surface area is 207 Å². The van der Waals surface area contributed by atoms with Crippen molar-refractivity contribution in [3.63, 3.8) is 0 Å². The summed E-state index contributed by atoms with van der Waals surface area (Å²) in [7, 11) is 0. The number of amides is 2. The molecule has 2 aromatic rings. The Bertz CT molecular complexity index is 1040. The fourth-order valence-corrected chi connectivity index (χ4v) is 4.85. The van der Waals surface area contributed by atoms with E-state index in [0.29, 0.717) is 26.1 Å². The lowest BCUT2D eigenvalue weighted by Crippen LogP contribution is -2.39. The highest BCUT2D eigenvalue weighted by Gasteiger charge is 2.42. The third-order valence-electron chi connectivity index (χ3n) is 5.22. The van der Waals surface area contributed by atoms with Crippen molar-refractivity contribution in [2.24, 2.45) is 0 Å². The van der Waals surface area contributed by atoms with Gasteiger partial charge in [0.1, 0.15) is 11.2 Å². The number of fused-ring (bicyclic) bond motifs is 1. The third-order valence-corrected chi connectivity index (χ3v) is 6.52. The zero-order valence-electron chi connectivity index (χ0n) is 21.6. The van der Waals surface area contributed by atoms with Crippen molar-refractivity contribution in [2.45, 2.75) is 85.1 Å². The average Bonchev–Trinajstić information content (AvgIpc) is 3.19. The summed E-state index contributed by atoms with van der Waals surface area (Å²) in [5, 5.41) is 3.96. The second kappa shape index (κ2) is 9.70. The van der Waals surface area contributed by atoms with Crippen LogP contribution in [0.1, 0.15) is 66.5 Å². The molecule has 2 N–H and O–H groups in total. The van der Waals surface area contributed by atoms with Gasteiger partial charge < -0.3 is 19.8 Å². The molecule has 0 spiro atoms. The average molecular weight is 491 g/mol. The van der Waals surface area contributed by atoms with Crippen molar-refractivity contribution in [3.05, 3.63) is 35.5 Å². The van der Waals surface area contributed by atoms with E-state index >= 15 is 0 Å². The summed E-state index contributed by atoms with van der Waals surface area (Å²) >= 11 is 1.42. The molecule has 1 saturated heterocycles. The molecule has 8 nitrogen and oxygen atoms in total. The minimum Gasteiger partial charge on any atom is -0.444 e. The molecule has 2 heterocycles. The van der Waals surface area contributed by atoms with Crippen LogP contribution in [0.4, 0.5) is 9.59 Å². The largest absolute Gasteiger partial charge is 0.444 e. The van der Waals surface area contributed by atoms with Crippen LogP contribution >= 0.6 is 12.1 Å². The van der Waals surface area contributed by atoms with Crippen LogP contribution in [0.2, 0.25) is 0 Å². The van der Waals surface area contributed by atoms with Gasteiger partial charge in [0.25, 0.3) is 0 Å². The smallest absolute Gasteiger partial charge is 0.421 e. The zero-order valence-corrected chi connectivity index (χ0v) is 22.4. The topological polar surface area (TPSA) is 86.9 Å². The Hall–Kier alpha value is -2.39. The first-order valence-electron chi connectivity index (χ1n) is 11.6. The zero-order chi connectivity index (χ0) is 25.3. The molecule has 188 valence electrons. The minimum absolute atomic E-state index is 0.200. The predicted octanol–water partition coefficient (Wildman–Crippen LogP) is 5.63. The molecular formula is C25H38N4O4S. The summed E-state index contributed by atoms with van der Waals surface area (Å²) < 4.78 is 14.8. The lowest BCUT2D eigenvalue weighted by molar-refractivity contribution is 0.0394. The van der Waals surface area contributed by atoms with Gasteiger partial charge in [-0.05, 0) is 85.1 Å². The minimum atomic E-state index is -0.525. The maximum absolute atomic E-state index is 12.6. The number of nitrogens with zero attached hydrogens (tertiary/aromatic N) is 2. The van der Waals surface area contributed by atoms with E-state index < -0.39 is 17.3 Å². The summed E-state index contributed by atoms with van der Waals surface area (Å²) in [5.41, 5.74) is 2.11. The van der Waals surface area contributed by atoms with Crippen LogP contribution in [0.3, 0.4) is 0 Å². The van der Waals surface area contributed by atoms with E-state index in [9.17, 15) is 9.59 Å². The maximum Gasteiger partial charge on any atom is 0.421 e. The van der Waals surface area contributed by atoms with Gasteiger partial charge in [0, 0.05) is 47.9 Å². The van der Waals surface area contributed by atoms with Gasteiger partial charge in [0.2, 0.25) is 0 Å². The number of aromatic nitrogens is 1. The second-order valence-electron chi connectivity index (χ2n) is 11.3. The number of carbonyl (C=O) groups is 2. The normalized spacial score (nSPS) is 16.6.